The molecule has 2 aliphatic rings. The van der Waals surface area contributed by atoms with Crippen molar-refractivity contribution >= 4 is 48.4 Å². The van der Waals surface area contributed by atoms with Gasteiger partial charge in [0, 0.05) is 34.7 Å². The highest BCUT2D eigenvalue weighted by Crippen LogP contribution is 2.44. The monoisotopic (exact) mass is 726 g/mol. The number of allylic oxidation sites excluding steroid dienone is 3. The van der Waals surface area contributed by atoms with E-state index in [2.05, 4.69) is 11.8 Å². The van der Waals surface area contributed by atoms with Gasteiger partial charge < -0.3 is 32.2 Å². The third-order valence-electron chi connectivity index (χ3n) is 9.03. The SMILES string of the molecule is CCOC(=O)c1ccc(/C=C/C2=[N+]3C(=C(c4ccc(C#CC(C)(C)O)cc4)c4c(C)cc(/C=C/c5ccc(C(=O)OCC)cc5)n4[B-]3(F)F)C(C)=C2)cc1. The predicted octanol–water partition coefficient (Wildman–Crippen LogP) is 8.57. The number of aryl methyl sites for hydroxylation is 1. The van der Waals surface area contributed by atoms with E-state index < -0.39 is 24.5 Å². The van der Waals surface area contributed by atoms with Crippen molar-refractivity contribution in [2.24, 2.45) is 0 Å². The van der Waals surface area contributed by atoms with Gasteiger partial charge in [-0.15, -0.1) is 0 Å². The largest absolute Gasteiger partial charge is 0.737 e. The van der Waals surface area contributed by atoms with Crippen molar-refractivity contribution in [3.63, 3.8) is 0 Å². The molecular formula is C44H41BF2N2O5. The molecule has 10 heteroatoms. The molecule has 1 N–H and O–H groups in total. The Bertz CT molecular complexity index is 2340. The Hall–Kier alpha value is -6.05. The van der Waals surface area contributed by atoms with E-state index in [1.807, 2.05) is 38.1 Å². The van der Waals surface area contributed by atoms with Crippen LogP contribution in [0.3, 0.4) is 0 Å². The van der Waals surface area contributed by atoms with Crippen molar-refractivity contribution in [2.75, 3.05) is 13.2 Å². The Balaban J connectivity index is 1.48. The number of fused-ring (bicyclic) bond motifs is 2. The van der Waals surface area contributed by atoms with Crippen LogP contribution < -0.4 is 0 Å². The lowest BCUT2D eigenvalue weighted by atomic mass is 9.83. The number of carbonyl (C=O) groups is 2. The van der Waals surface area contributed by atoms with E-state index in [1.165, 1.54) is 0 Å². The second kappa shape index (κ2) is 15.1. The number of aromatic nitrogens is 1. The minimum absolute atomic E-state index is 0.263. The predicted molar refractivity (Wildman–Crippen MR) is 210 cm³/mol. The van der Waals surface area contributed by atoms with Crippen LogP contribution in [0.15, 0.2) is 102 Å². The number of ether oxygens (including phenoxy) is 2. The van der Waals surface area contributed by atoms with Crippen LogP contribution in [0, 0.1) is 18.8 Å². The van der Waals surface area contributed by atoms with Crippen LogP contribution in [0.4, 0.5) is 8.63 Å². The van der Waals surface area contributed by atoms with Crippen molar-refractivity contribution in [3.05, 3.63) is 153 Å². The molecule has 1 aromatic heterocycles. The van der Waals surface area contributed by atoms with Gasteiger partial charge in [-0.1, -0.05) is 54.3 Å². The average molecular weight is 727 g/mol. The highest BCUT2D eigenvalue weighted by Gasteiger charge is 2.55. The van der Waals surface area contributed by atoms with Gasteiger partial charge in [0.05, 0.1) is 29.9 Å². The Morgan fingerprint density at radius 1 is 0.833 bits per heavy atom. The first-order valence-corrected chi connectivity index (χ1v) is 17.8. The van der Waals surface area contributed by atoms with Gasteiger partial charge in [0.15, 0.2) is 11.4 Å². The molecule has 0 spiro atoms. The van der Waals surface area contributed by atoms with E-state index in [4.69, 9.17) is 9.47 Å². The average Bonchev–Trinajstić information content (AvgIpc) is 3.66. The maximum absolute atomic E-state index is 17.3. The molecule has 7 nitrogen and oxygen atoms in total. The Kier molecular flexibility index (Phi) is 10.6. The molecule has 0 saturated heterocycles. The molecule has 2 aliphatic heterocycles. The molecule has 0 unspecified atom stereocenters. The van der Waals surface area contributed by atoms with E-state index in [0.717, 1.165) is 25.7 Å². The molecule has 4 aromatic rings. The fourth-order valence-corrected chi connectivity index (χ4v) is 6.62. The van der Waals surface area contributed by atoms with Crippen molar-refractivity contribution in [1.82, 2.24) is 4.48 Å². The normalized spacial score (nSPS) is 14.9. The van der Waals surface area contributed by atoms with Crippen molar-refractivity contribution < 1.29 is 37.3 Å². The topological polar surface area (TPSA) is 80.8 Å². The zero-order valence-corrected chi connectivity index (χ0v) is 31.1. The number of hydrogen-bond donors (Lipinski definition) is 1. The number of nitrogens with zero attached hydrogens (tertiary/aromatic N) is 2. The summed E-state index contributed by atoms with van der Waals surface area (Å²) in [7, 11) is 0. The Morgan fingerprint density at radius 2 is 1.37 bits per heavy atom. The molecule has 0 radical (unpaired) electrons. The second-order valence-corrected chi connectivity index (χ2v) is 13.6. The van der Waals surface area contributed by atoms with Crippen LogP contribution >= 0.6 is 0 Å². The number of halogens is 2. The lowest BCUT2D eigenvalue weighted by Crippen LogP contribution is -2.51. The van der Waals surface area contributed by atoms with Crippen LogP contribution in [0.2, 0.25) is 0 Å². The molecule has 0 fully saturated rings. The molecule has 3 aromatic carbocycles. The molecule has 0 bridgehead atoms. The highest BCUT2D eigenvalue weighted by molar-refractivity contribution is 6.58. The zero-order chi connectivity index (χ0) is 38.8. The van der Waals surface area contributed by atoms with Crippen LogP contribution in [-0.2, 0) is 9.47 Å². The van der Waals surface area contributed by atoms with Gasteiger partial charge in [0.2, 0.25) is 0 Å². The summed E-state index contributed by atoms with van der Waals surface area (Å²) in [5, 5.41) is 10.1. The van der Waals surface area contributed by atoms with Crippen LogP contribution in [0.1, 0.15) is 94.5 Å². The van der Waals surface area contributed by atoms with Gasteiger partial charge in [-0.05, 0) is 118 Å². The Morgan fingerprint density at radius 3 is 1.89 bits per heavy atom. The fourth-order valence-electron chi connectivity index (χ4n) is 6.62. The van der Waals surface area contributed by atoms with Crippen LogP contribution in [-0.4, -0.2) is 57.5 Å². The fraction of sp³-hybridized carbons (Fsp3) is 0.205. The standard InChI is InChI=1S/C44H41BF2N2O5/c1-7-53-42(50)35-19-11-31(12-20-35)15-23-37-27-29(3)40-39(34-17-9-33(10-18-34)25-26-44(5,6)52)41-30(4)28-38(49(41)45(46,47)48(37)40)24-16-32-13-21-36(22-14-32)43(51)54-8-2/h9-24,27-28,52H,7-8H2,1-6H3/b23-15+,24-16+. The third kappa shape index (κ3) is 7.68. The summed E-state index contributed by atoms with van der Waals surface area (Å²) in [5.41, 5.74) is 5.97. The van der Waals surface area contributed by atoms with E-state index in [9.17, 15) is 14.7 Å². The van der Waals surface area contributed by atoms with E-state index in [-0.39, 0.29) is 13.2 Å². The summed E-state index contributed by atoms with van der Waals surface area (Å²) in [6.45, 7) is 6.47. The van der Waals surface area contributed by atoms with Gasteiger partial charge in [-0.25, -0.2) is 9.59 Å². The van der Waals surface area contributed by atoms with Crippen molar-refractivity contribution in [1.29, 1.82) is 0 Å². The summed E-state index contributed by atoms with van der Waals surface area (Å²) in [6, 6.07) is 22.7. The number of hydrogen-bond acceptors (Lipinski definition) is 5. The number of rotatable bonds is 9. The molecule has 0 aliphatic carbocycles. The molecular weight excluding hydrogens is 685 g/mol. The van der Waals surface area contributed by atoms with Gasteiger partial charge in [-0.3, -0.25) is 0 Å². The smallest absolute Gasteiger partial charge is 0.462 e. The van der Waals surface area contributed by atoms with Crippen LogP contribution in [0.5, 0.6) is 0 Å². The third-order valence-corrected chi connectivity index (χ3v) is 9.03. The van der Waals surface area contributed by atoms with Gasteiger partial charge in [-0.2, -0.15) is 0 Å². The lowest BCUT2D eigenvalue weighted by molar-refractivity contribution is -0.362. The number of carbonyl (C=O) groups excluding carboxylic acids is 2. The lowest BCUT2D eigenvalue weighted by Gasteiger charge is -2.34. The summed E-state index contributed by atoms with van der Waals surface area (Å²) in [6.07, 6.45) is 8.59. The second-order valence-electron chi connectivity index (χ2n) is 13.6. The molecule has 0 saturated carbocycles. The number of benzene rings is 3. The van der Waals surface area contributed by atoms with Crippen molar-refractivity contribution in [2.45, 2.75) is 47.1 Å². The Labute approximate surface area is 314 Å². The van der Waals surface area contributed by atoms with E-state index in [1.54, 1.807) is 113 Å². The minimum atomic E-state index is -4.42. The zero-order valence-electron chi connectivity index (χ0n) is 31.1. The first-order chi connectivity index (χ1) is 25.7. The van der Waals surface area contributed by atoms with Crippen LogP contribution in [0.25, 0.3) is 23.8 Å². The van der Waals surface area contributed by atoms with Gasteiger partial charge in [0.1, 0.15) is 5.60 Å². The molecule has 0 atom stereocenters. The maximum atomic E-state index is 17.3. The molecule has 3 heterocycles. The van der Waals surface area contributed by atoms with E-state index in [0.29, 0.717) is 56.2 Å². The molecule has 6 rings (SSSR count). The maximum Gasteiger partial charge on any atom is 0.737 e. The first kappa shape index (κ1) is 37.7. The summed E-state index contributed by atoms with van der Waals surface area (Å²) in [4.78, 5) is 24.3. The molecule has 0 amide bonds. The van der Waals surface area contributed by atoms with E-state index >= 15 is 8.63 Å². The quantitative estimate of drug-likeness (QED) is 0.106. The minimum Gasteiger partial charge on any atom is -0.462 e. The number of esters is 2. The van der Waals surface area contributed by atoms with Gasteiger partial charge >= 0.3 is 18.9 Å². The summed E-state index contributed by atoms with van der Waals surface area (Å²) < 4.78 is 47.1. The summed E-state index contributed by atoms with van der Waals surface area (Å²) >= 11 is 0. The first-order valence-electron chi connectivity index (χ1n) is 17.8. The summed E-state index contributed by atoms with van der Waals surface area (Å²) in [5.74, 6) is 4.95. The molecule has 54 heavy (non-hydrogen) atoms. The molecule has 274 valence electrons. The highest BCUT2D eigenvalue weighted by atomic mass is 19.2. The van der Waals surface area contributed by atoms with Gasteiger partial charge in [0.25, 0.3) is 0 Å². The number of aliphatic hydroxyl groups is 1. The van der Waals surface area contributed by atoms with Crippen molar-refractivity contribution in [3.8, 4) is 11.8 Å².